The van der Waals surface area contributed by atoms with E-state index in [1.54, 1.807) is 19.1 Å². The summed E-state index contributed by atoms with van der Waals surface area (Å²) in [5, 5.41) is 19.8. The molecule has 0 aliphatic heterocycles. The van der Waals surface area contributed by atoms with Gasteiger partial charge in [0.25, 0.3) is 5.69 Å². The van der Waals surface area contributed by atoms with Crippen molar-refractivity contribution in [2.45, 2.75) is 11.8 Å². The lowest BCUT2D eigenvalue weighted by Gasteiger charge is -2.09. The van der Waals surface area contributed by atoms with Gasteiger partial charge < -0.3 is 9.29 Å². The number of rotatable bonds is 5. The molecule has 0 heterocycles. The van der Waals surface area contributed by atoms with Gasteiger partial charge in [0.1, 0.15) is 10.5 Å². The summed E-state index contributed by atoms with van der Waals surface area (Å²) in [5.74, 6) is -2.04. The van der Waals surface area contributed by atoms with Gasteiger partial charge in [0.05, 0.1) is 4.92 Å². The van der Waals surface area contributed by atoms with E-state index in [0.717, 1.165) is 23.8 Å². The van der Waals surface area contributed by atoms with Crippen LogP contribution in [0.25, 0.3) is 0 Å². The molecule has 0 fully saturated rings. The number of aromatic carboxylic acids is 1. The van der Waals surface area contributed by atoms with Crippen LogP contribution in [-0.2, 0) is 10.1 Å². The molecule has 2 aromatic carbocycles. The summed E-state index contributed by atoms with van der Waals surface area (Å²) in [5.41, 5.74) is -0.261. The Morgan fingerprint density at radius 3 is 2.30 bits per heavy atom. The fourth-order valence-electron chi connectivity index (χ4n) is 1.74. The minimum atomic E-state index is -4.25. The zero-order valence-electron chi connectivity index (χ0n) is 11.8. The van der Waals surface area contributed by atoms with E-state index in [9.17, 15) is 23.3 Å². The van der Waals surface area contributed by atoms with Crippen molar-refractivity contribution in [1.29, 1.82) is 0 Å². The second-order valence-electron chi connectivity index (χ2n) is 4.59. The van der Waals surface area contributed by atoms with Crippen molar-refractivity contribution in [2.24, 2.45) is 0 Å². The SMILES string of the molecule is Cc1ccc(S(=O)(=O)Oc2ccc([N+](=O)[O-])cc2C(=O)O)cc1. The molecule has 0 aliphatic carbocycles. The lowest BCUT2D eigenvalue weighted by molar-refractivity contribution is -0.384. The largest absolute Gasteiger partial charge is 0.478 e. The van der Waals surface area contributed by atoms with Gasteiger partial charge in [-0.25, -0.2) is 4.79 Å². The number of non-ortho nitro benzene ring substituents is 1. The summed E-state index contributed by atoms with van der Waals surface area (Å²) >= 11 is 0. The highest BCUT2D eigenvalue weighted by atomic mass is 32.2. The van der Waals surface area contributed by atoms with E-state index in [4.69, 9.17) is 9.29 Å². The molecule has 0 unspecified atom stereocenters. The number of carbonyl (C=O) groups is 1. The van der Waals surface area contributed by atoms with Gasteiger partial charge in [0.2, 0.25) is 0 Å². The van der Waals surface area contributed by atoms with E-state index in [1.165, 1.54) is 12.1 Å². The molecule has 2 rings (SSSR count). The second kappa shape index (κ2) is 6.05. The first kappa shape index (κ1) is 16.4. The molecule has 9 heteroatoms. The Kier molecular flexibility index (Phi) is 4.32. The molecule has 0 aromatic heterocycles. The zero-order valence-corrected chi connectivity index (χ0v) is 12.6. The third-order valence-electron chi connectivity index (χ3n) is 2.91. The van der Waals surface area contributed by atoms with Crippen molar-refractivity contribution in [3.05, 3.63) is 63.7 Å². The zero-order chi connectivity index (χ0) is 17.2. The maximum Gasteiger partial charge on any atom is 0.339 e. The van der Waals surface area contributed by atoms with Crippen LogP contribution in [0.15, 0.2) is 47.4 Å². The maximum atomic E-state index is 12.2. The Balaban J connectivity index is 2.44. The Morgan fingerprint density at radius 1 is 1.17 bits per heavy atom. The van der Waals surface area contributed by atoms with E-state index in [0.29, 0.717) is 0 Å². The Morgan fingerprint density at radius 2 is 1.78 bits per heavy atom. The van der Waals surface area contributed by atoms with Crippen LogP contribution in [0.1, 0.15) is 15.9 Å². The van der Waals surface area contributed by atoms with Crippen molar-refractivity contribution in [3.63, 3.8) is 0 Å². The van der Waals surface area contributed by atoms with Gasteiger partial charge in [0.15, 0.2) is 5.75 Å². The predicted octanol–water partition coefficient (Wildman–Crippen LogP) is 2.37. The Labute approximate surface area is 131 Å². The van der Waals surface area contributed by atoms with Crippen LogP contribution < -0.4 is 4.18 Å². The number of carboxylic acids is 1. The summed E-state index contributed by atoms with van der Waals surface area (Å²) in [7, 11) is -4.25. The topological polar surface area (TPSA) is 124 Å². The number of nitro benzene ring substituents is 1. The number of carboxylic acid groups (broad SMARTS) is 1. The van der Waals surface area contributed by atoms with Crippen molar-refractivity contribution < 1.29 is 27.4 Å². The van der Waals surface area contributed by atoms with E-state index in [-0.39, 0.29) is 4.90 Å². The van der Waals surface area contributed by atoms with E-state index in [2.05, 4.69) is 0 Å². The Hall–Kier alpha value is -2.94. The maximum absolute atomic E-state index is 12.2. The highest BCUT2D eigenvalue weighted by Gasteiger charge is 2.23. The lowest BCUT2D eigenvalue weighted by Crippen LogP contribution is -2.12. The molecule has 1 N–H and O–H groups in total. The van der Waals surface area contributed by atoms with E-state index in [1.807, 2.05) is 0 Å². The van der Waals surface area contributed by atoms with Crippen LogP contribution in [0.4, 0.5) is 5.69 Å². The molecular formula is C14H11NO7S. The van der Waals surface area contributed by atoms with Crippen molar-refractivity contribution in [1.82, 2.24) is 0 Å². The summed E-state index contributed by atoms with van der Waals surface area (Å²) < 4.78 is 29.1. The van der Waals surface area contributed by atoms with Gasteiger partial charge in [-0.2, -0.15) is 8.42 Å². The van der Waals surface area contributed by atoms with E-state index < -0.39 is 38.0 Å². The highest BCUT2D eigenvalue weighted by Crippen LogP contribution is 2.27. The fraction of sp³-hybridized carbons (Fsp3) is 0.0714. The monoisotopic (exact) mass is 337 g/mol. The van der Waals surface area contributed by atoms with Gasteiger partial charge in [-0.3, -0.25) is 10.1 Å². The van der Waals surface area contributed by atoms with Gasteiger partial charge >= 0.3 is 16.1 Å². The number of nitrogens with zero attached hydrogens (tertiary/aromatic N) is 1. The molecule has 0 spiro atoms. The normalized spacial score (nSPS) is 11.0. The fourth-order valence-corrected chi connectivity index (χ4v) is 2.69. The molecule has 0 atom stereocenters. The van der Waals surface area contributed by atoms with Crippen LogP contribution >= 0.6 is 0 Å². The number of hydrogen-bond acceptors (Lipinski definition) is 6. The van der Waals surface area contributed by atoms with Crippen LogP contribution in [0, 0.1) is 17.0 Å². The number of aryl methyl sites for hydroxylation is 1. The minimum absolute atomic E-state index is 0.155. The smallest absolute Gasteiger partial charge is 0.339 e. The second-order valence-corrected chi connectivity index (χ2v) is 6.14. The average molecular weight is 337 g/mol. The molecule has 0 bridgehead atoms. The number of nitro groups is 1. The third kappa shape index (κ3) is 3.64. The lowest BCUT2D eigenvalue weighted by atomic mass is 10.2. The molecule has 0 amide bonds. The molecule has 120 valence electrons. The molecule has 0 saturated heterocycles. The van der Waals surface area contributed by atoms with Gasteiger partial charge in [-0.15, -0.1) is 0 Å². The van der Waals surface area contributed by atoms with Crippen molar-refractivity contribution in [3.8, 4) is 5.75 Å². The van der Waals surface area contributed by atoms with Crippen LogP contribution in [0.3, 0.4) is 0 Å². The average Bonchev–Trinajstić information content (AvgIpc) is 2.47. The van der Waals surface area contributed by atoms with Crippen LogP contribution in [0.5, 0.6) is 5.75 Å². The summed E-state index contributed by atoms with van der Waals surface area (Å²) in [6.07, 6.45) is 0. The van der Waals surface area contributed by atoms with Crippen molar-refractivity contribution in [2.75, 3.05) is 0 Å². The highest BCUT2D eigenvalue weighted by molar-refractivity contribution is 7.87. The summed E-state index contributed by atoms with van der Waals surface area (Å²) in [4.78, 5) is 20.9. The predicted molar refractivity (Wildman–Crippen MR) is 79.0 cm³/mol. The standard InChI is InChI=1S/C14H11NO7S/c1-9-2-5-11(6-3-9)23(20,21)22-13-7-4-10(15(18)19)8-12(13)14(16)17/h2-8H,1H3,(H,16,17). The summed E-state index contributed by atoms with van der Waals surface area (Å²) in [6.45, 7) is 1.77. The quantitative estimate of drug-likeness (QED) is 0.504. The Bertz CT molecular complexity index is 872. The van der Waals surface area contributed by atoms with Gasteiger partial charge in [0, 0.05) is 12.1 Å². The number of benzene rings is 2. The first-order valence-corrected chi connectivity index (χ1v) is 7.64. The molecule has 23 heavy (non-hydrogen) atoms. The van der Waals surface area contributed by atoms with Gasteiger partial charge in [-0.1, -0.05) is 17.7 Å². The van der Waals surface area contributed by atoms with Crippen LogP contribution in [-0.4, -0.2) is 24.4 Å². The molecule has 0 radical (unpaired) electrons. The first-order valence-electron chi connectivity index (χ1n) is 6.23. The third-order valence-corrected chi connectivity index (χ3v) is 4.16. The van der Waals surface area contributed by atoms with E-state index >= 15 is 0 Å². The molecule has 0 saturated carbocycles. The molecule has 0 aliphatic rings. The minimum Gasteiger partial charge on any atom is -0.478 e. The molecule has 2 aromatic rings. The van der Waals surface area contributed by atoms with Gasteiger partial charge in [-0.05, 0) is 25.1 Å². The molecule has 8 nitrogen and oxygen atoms in total. The molecular weight excluding hydrogens is 326 g/mol. The number of hydrogen-bond donors (Lipinski definition) is 1. The summed E-state index contributed by atoms with van der Waals surface area (Å²) in [6, 6.07) is 8.39. The first-order chi connectivity index (χ1) is 10.7. The van der Waals surface area contributed by atoms with Crippen LogP contribution in [0.2, 0.25) is 0 Å². The van der Waals surface area contributed by atoms with Crippen molar-refractivity contribution >= 4 is 21.8 Å².